The molecular formula is C17H21N3O2. The summed E-state index contributed by atoms with van der Waals surface area (Å²) >= 11 is 0. The van der Waals surface area contributed by atoms with Crippen molar-refractivity contribution in [3.8, 4) is 0 Å². The number of fused-ring (bicyclic) bond motifs is 1. The van der Waals surface area contributed by atoms with Gasteiger partial charge in [0.25, 0.3) is 0 Å². The number of nitrogens with one attached hydrogen (secondary N) is 2. The van der Waals surface area contributed by atoms with E-state index in [0.29, 0.717) is 6.42 Å². The van der Waals surface area contributed by atoms with Gasteiger partial charge in [0, 0.05) is 18.8 Å². The molecule has 1 saturated carbocycles. The minimum Gasteiger partial charge on any atom is -0.472 e. The van der Waals surface area contributed by atoms with Crippen LogP contribution in [0.2, 0.25) is 0 Å². The molecule has 0 aromatic rings. The maximum atomic E-state index is 11.7. The van der Waals surface area contributed by atoms with Crippen molar-refractivity contribution in [2.24, 2.45) is 5.41 Å². The molecule has 0 radical (unpaired) electrons. The van der Waals surface area contributed by atoms with E-state index in [-0.39, 0.29) is 11.3 Å². The number of rotatable bonds is 0. The number of carbonyl (C=O) groups excluding carboxylic acids is 1. The van der Waals surface area contributed by atoms with E-state index >= 15 is 0 Å². The van der Waals surface area contributed by atoms with Crippen LogP contribution in [-0.4, -0.2) is 16.5 Å². The zero-order chi connectivity index (χ0) is 14.8. The van der Waals surface area contributed by atoms with E-state index in [1.807, 2.05) is 0 Å². The van der Waals surface area contributed by atoms with Crippen LogP contribution >= 0.6 is 0 Å². The van der Waals surface area contributed by atoms with Crippen molar-refractivity contribution >= 4 is 5.91 Å². The highest BCUT2D eigenvalue weighted by atomic mass is 16.5. The average molecular weight is 299 g/mol. The Morgan fingerprint density at radius 3 is 3.09 bits per heavy atom. The van der Waals surface area contributed by atoms with Gasteiger partial charge in [0.1, 0.15) is 5.76 Å². The van der Waals surface area contributed by atoms with Gasteiger partial charge in [-0.1, -0.05) is 12.5 Å². The summed E-state index contributed by atoms with van der Waals surface area (Å²) in [5.41, 5.74) is 8.14. The first kappa shape index (κ1) is 12.8. The Bertz CT molecular complexity index is 650. The third kappa shape index (κ3) is 1.55. The molecular weight excluding hydrogens is 278 g/mol. The molecule has 22 heavy (non-hydrogen) atoms. The maximum Gasteiger partial charge on any atom is 0.239 e. The summed E-state index contributed by atoms with van der Waals surface area (Å²) in [6.07, 6.45) is 14.9. The van der Waals surface area contributed by atoms with E-state index in [9.17, 15) is 4.79 Å². The number of amides is 1. The Balaban J connectivity index is 1.65. The highest BCUT2D eigenvalue weighted by Crippen LogP contribution is 2.61. The summed E-state index contributed by atoms with van der Waals surface area (Å²) in [4.78, 5) is 14.0. The minimum absolute atomic E-state index is 0.0224. The van der Waals surface area contributed by atoms with Gasteiger partial charge < -0.3 is 9.64 Å². The van der Waals surface area contributed by atoms with Crippen LogP contribution in [0.5, 0.6) is 0 Å². The van der Waals surface area contributed by atoms with Gasteiger partial charge in [-0.2, -0.15) is 5.43 Å². The Labute approximate surface area is 130 Å². The molecule has 3 fully saturated rings. The van der Waals surface area contributed by atoms with Gasteiger partial charge in [-0.15, -0.1) is 0 Å². The van der Waals surface area contributed by atoms with Gasteiger partial charge in [-0.05, 0) is 37.7 Å². The van der Waals surface area contributed by atoms with Gasteiger partial charge in [0.15, 0.2) is 5.72 Å². The molecule has 4 heterocycles. The Morgan fingerprint density at radius 2 is 2.23 bits per heavy atom. The van der Waals surface area contributed by atoms with Gasteiger partial charge >= 0.3 is 0 Å². The summed E-state index contributed by atoms with van der Waals surface area (Å²) in [5, 5.41) is 0. The van der Waals surface area contributed by atoms with E-state index in [4.69, 9.17) is 4.74 Å². The molecule has 2 spiro atoms. The molecule has 2 N–H and O–H groups in total. The number of carbonyl (C=O) groups is 1. The summed E-state index contributed by atoms with van der Waals surface area (Å²) < 4.78 is 6.48. The zero-order valence-electron chi connectivity index (χ0n) is 12.7. The van der Waals surface area contributed by atoms with E-state index in [0.717, 1.165) is 37.9 Å². The topological polar surface area (TPSA) is 53.6 Å². The van der Waals surface area contributed by atoms with Crippen LogP contribution in [0.15, 0.2) is 35.5 Å². The lowest BCUT2D eigenvalue weighted by molar-refractivity contribution is -0.120. The van der Waals surface area contributed by atoms with Crippen LogP contribution in [0, 0.1) is 5.41 Å². The van der Waals surface area contributed by atoms with Gasteiger partial charge in [-0.3, -0.25) is 10.2 Å². The first-order chi connectivity index (χ1) is 10.7. The monoisotopic (exact) mass is 299 g/mol. The average Bonchev–Trinajstić information content (AvgIpc) is 3.04. The molecule has 5 heteroatoms. The van der Waals surface area contributed by atoms with Crippen molar-refractivity contribution in [3.63, 3.8) is 0 Å². The summed E-state index contributed by atoms with van der Waals surface area (Å²) in [5.74, 6) is 1.17. The molecule has 0 bridgehead atoms. The largest absolute Gasteiger partial charge is 0.472 e. The maximum absolute atomic E-state index is 11.7. The number of hydrogen-bond donors (Lipinski definition) is 2. The lowest BCUT2D eigenvalue weighted by Crippen LogP contribution is -2.44. The highest BCUT2D eigenvalue weighted by Gasteiger charge is 2.60. The number of hydrazine groups is 1. The van der Waals surface area contributed by atoms with E-state index < -0.39 is 5.72 Å². The first-order valence-electron chi connectivity index (χ1n) is 8.36. The van der Waals surface area contributed by atoms with Crippen molar-refractivity contribution in [3.05, 3.63) is 35.5 Å². The first-order valence-corrected chi connectivity index (χ1v) is 8.36. The molecule has 0 aromatic heterocycles. The standard InChI is InChI=1S/C17H21N3O2/c21-14-9-17(19-18-14)11-16-7-3-1-5-12(16)10-20-8-4-2-6-13(20)15(16)22-17/h4,8,10,19H,1-3,5-7,9,11H2,(H,18,21). The van der Waals surface area contributed by atoms with Crippen LogP contribution in [0.1, 0.15) is 51.4 Å². The van der Waals surface area contributed by atoms with Crippen LogP contribution < -0.4 is 10.9 Å². The van der Waals surface area contributed by atoms with Gasteiger partial charge in [0.2, 0.25) is 5.91 Å². The lowest BCUT2D eigenvalue weighted by Gasteiger charge is -2.42. The van der Waals surface area contributed by atoms with Gasteiger partial charge in [-0.25, -0.2) is 0 Å². The van der Waals surface area contributed by atoms with Crippen LogP contribution in [0.3, 0.4) is 0 Å². The van der Waals surface area contributed by atoms with Crippen molar-refractivity contribution < 1.29 is 9.53 Å². The molecule has 116 valence electrons. The van der Waals surface area contributed by atoms with E-state index in [1.165, 1.54) is 24.1 Å². The third-order valence-electron chi connectivity index (χ3n) is 5.79. The fourth-order valence-corrected chi connectivity index (χ4v) is 4.87. The second-order valence-corrected chi connectivity index (χ2v) is 7.17. The van der Waals surface area contributed by atoms with Crippen molar-refractivity contribution in [1.29, 1.82) is 0 Å². The molecule has 4 aliphatic heterocycles. The molecule has 2 atom stereocenters. The number of allylic oxidation sites excluding steroid dienone is 3. The Kier molecular flexibility index (Phi) is 2.41. The lowest BCUT2D eigenvalue weighted by atomic mass is 9.65. The van der Waals surface area contributed by atoms with Crippen molar-refractivity contribution in [1.82, 2.24) is 15.8 Å². The molecule has 2 unspecified atom stereocenters. The van der Waals surface area contributed by atoms with Crippen LogP contribution in [0.4, 0.5) is 0 Å². The molecule has 2 saturated heterocycles. The molecule has 5 nitrogen and oxygen atoms in total. The minimum atomic E-state index is -0.549. The van der Waals surface area contributed by atoms with Crippen LogP contribution in [0.25, 0.3) is 0 Å². The second-order valence-electron chi connectivity index (χ2n) is 7.17. The molecule has 0 aromatic carbocycles. The SMILES string of the molecule is O=C1CC2(CC34CCCCC3=CN3C=CCCC3=C4O2)NN1. The van der Waals surface area contributed by atoms with Crippen molar-refractivity contribution in [2.45, 2.75) is 57.1 Å². The predicted molar refractivity (Wildman–Crippen MR) is 80.6 cm³/mol. The number of ether oxygens (including phenoxy) is 1. The molecule has 1 amide bonds. The fourth-order valence-electron chi connectivity index (χ4n) is 4.87. The zero-order valence-corrected chi connectivity index (χ0v) is 12.7. The molecule has 5 aliphatic rings. The van der Waals surface area contributed by atoms with E-state index in [1.54, 1.807) is 0 Å². The fraction of sp³-hybridized carbons (Fsp3) is 0.588. The Morgan fingerprint density at radius 1 is 1.27 bits per heavy atom. The number of hydrogen-bond acceptors (Lipinski definition) is 4. The molecule has 1 aliphatic carbocycles. The molecule has 5 rings (SSSR count). The normalized spacial score (nSPS) is 39.2. The smallest absolute Gasteiger partial charge is 0.239 e. The highest BCUT2D eigenvalue weighted by molar-refractivity contribution is 5.79. The second kappa shape index (κ2) is 4.16. The predicted octanol–water partition coefficient (Wildman–Crippen LogP) is 2.41. The van der Waals surface area contributed by atoms with Crippen LogP contribution in [-0.2, 0) is 9.53 Å². The number of nitrogens with zero attached hydrogens (tertiary/aromatic N) is 1. The van der Waals surface area contributed by atoms with Gasteiger partial charge in [0.05, 0.1) is 17.5 Å². The summed E-state index contributed by atoms with van der Waals surface area (Å²) in [6.45, 7) is 0. The van der Waals surface area contributed by atoms with E-state index in [2.05, 4.69) is 34.2 Å². The third-order valence-corrected chi connectivity index (χ3v) is 5.79. The summed E-state index contributed by atoms with van der Waals surface area (Å²) in [6, 6.07) is 0. The quantitative estimate of drug-likeness (QED) is 0.721. The Hall–Kier alpha value is -1.75. The summed E-state index contributed by atoms with van der Waals surface area (Å²) in [7, 11) is 0. The van der Waals surface area contributed by atoms with Crippen molar-refractivity contribution in [2.75, 3.05) is 0 Å².